The maximum absolute atomic E-state index is 12.5. The predicted molar refractivity (Wildman–Crippen MR) is 89.6 cm³/mol. The van der Waals surface area contributed by atoms with Gasteiger partial charge in [0.25, 0.3) is 11.8 Å². The van der Waals surface area contributed by atoms with E-state index in [0.717, 1.165) is 23.4 Å². The molecule has 0 spiro atoms. The van der Waals surface area contributed by atoms with Crippen molar-refractivity contribution in [2.45, 2.75) is 25.2 Å². The summed E-state index contributed by atoms with van der Waals surface area (Å²) < 4.78 is 0. The molecule has 0 saturated carbocycles. The summed E-state index contributed by atoms with van der Waals surface area (Å²) in [5, 5.41) is 0.929. The molecule has 5 nitrogen and oxygen atoms in total. The molecule has 120 valence electrons. The van der Waals surface area contributed by atoms with Gasteiger partial charge in [-0.1, -0.05) is 25.1 Å². The average Bonchev–Trinajstić information content (AvgIpc) is 3.07. The van der Waals surface area contributed by atoms with Crippen LogP contribution in [0.25, 0.3) is 0 Å². The molecule has 2 aromatic rings. The van der Waals surface area contributed by atoms with Crippen LogP contribution in [0.5, 0.6) is 0 Å². The van der Waals surface area contributed by atoms with Gasteiger partial charge in [0.05, 0.1) is 11.2 Å². The van der Waals surface area contributed by atoms with Crippen LogP contribution in [-0.4, -0.2) is 34.8 Å². The predicted octanol–water partition coefficient (Wildman–Crippen LogP) is 2.44. The number of likely N-dealkylation sites (tertiary alicyclic amines) is 1. The second-order valence-corrected chi connectivity index (χ2v) is 7.14. The zero-order valence-corrected chi connectivity index (χ0v) is 13.8. The number of carbonyl (C=O) groups excluding carboxylic acids is 2. The molecule has 3 rings (SSSR count). The van der Waals surface area contributed by atoms with Gasteiger partial charge in [-0.2, -0.15) is 0 Å². The third-order valence-corrected chi connectivity index (χ3v) is 5.76. The molecule has 2 N–H and O–H groups in total. The summed E-state index contributed by atoms with van der Waals surface area (Å²) in [5.41, 5.74) is 5.92. The van der Waals surface area contributed by atoms with Gasteiger partial charge >= 0.3 is 0 Å². The Bertz CT molecular complexity index is 718. The van der Waals surface area contributed by atoms with E-state index in [1.807, 2.05) is 35.2 Å². The number of carbonyl (C=O) groups is 2. The first kappa shape index (κ1) is 15.7. The Morgan fingerprint density at radius 2 is 1.87 bits per heavy atom. The van der Waals surface area contributed by atoms with E-state index in [1.165, 1.54) is 11.3 Å². The van der Waals surface area contributed by atoms with Crippen LogP contribution in [0.2, 0.25) is 0 Å². The minimum Gasteiger partial charge on any atom is -0.365 e. The van der Waals surface area contributed by atoms with E-state index in [-0.39, 0.29) is 11.3 Å². The van der Waals surface area contributed by atoms with Gasteiger partial charge < -0.3 is 10.6 Å². The molecule has 0 aliphatic carbocycles. The molecule has 1 aromatic heterocycles. The van der Waals surface area contributed by atoms with E-state index in [2.05, 4.69) is 11.9 Å². The smallest absolute Gasteiger partial charge is 0.260 e. The molecule has 1 saturated heterocycles. The minimum absolute atomic E-state index is 0.0737. The van der Waals surface area contributed by atoms with Crippen molar-refractivity contribution in [3.05, 3.63) is 52.0 Å². The standard InChI is InChI=1S/C17H19N3O2S/c1-17(16-19-11-13(23-16)14(18)21)7-9-20(10-8-17)15(22)12-5-3-2-4-6-12/h2-6,11H,7-10H2,1H3,(H2,18,21). The molecular formula is C17H19N3O2S. The number of nitrogens with zero attached hydrogens (tertiary/aromatic N) is 2. The highest BCUT2D eigenvalue weighted by atomic mass is 32.1. The quantitative estimate of drug-likeness (QED) is 0.939. The van der Waals surface area contributed by atoms with E-state index < -0.39 is 5.91 Å². The normalized spacial score (nSPS) is 17.0. The molecule has 2 heterocycles. The number of benzene rings is 1. The number of aromatic nitrogens is 1. The van der Waals surface area contributed by atoms with Crippen molar-refractivity contribution in [3.63, 3.8) is 0 Å². The van der Waals surface area contributed by atoms with Crippen molar-refractivity contribution >= 4 is 23.2 Å². The SMILES string of the molecule is CC1(c2ncc(C(N)=O)s2)CCN(C(=O)c2ccccc2)CC1. The number of rotatable bonds is 3. The average molecular weight is 329 g/mol. The van der Waals surface area contributed by atoms with Crippen LogP contribution < -0.4 is 5.73 Å². The molecule has 1 aliphatic heterocycles. The number of hydrogen-bond donors (Lipinski definition) is 1. The van der Waals surface area contributed by atoms with Crippen molar-refractivity contribution < 1.29 is 9.59 Å². The lowest BCUT2D eigenvalue weighted by Gasteiger charge is -2.38. The van der Waals surface area contributed by atoms with Crippen molar-refractivity contribution in [2.75, 3.05) is 13.1 Å². The number of piperidine rings is 1. The van der Waals surface area contributed by atoms with Crippen LogP contribution in [0.15, 0.2) is 36.5 Å². The monoisotopic (exact) mass is 329 g/mol. The third kappa shape index (κ3) is 3.12. The van der Waals surface area contributed by atoms with E-state index in [9.17, 15) is 9.59 Å². The van der Waals surface area contributed by atoms with Crippen molar-refractivity contribution in [3.8, 4) is 0 Å². The summed E-state index contributed by atoms with van der Waals surface area (Å²) in [6.45, 7) is 3.52. The summed E-state index contributed by atoms with van der Waals surface area (Å²) in [6, 6.07) is 9.35. The molecule has 0 atom stereocenters. The molecular weight excluding hydrogens is 310 g/mol. The van der Waals surface area contributed by atoms with Crippen molar-refractivity contribution in [2.24, 2.45) is 5.73 Å². The third-order valence-electron chi connectivity index (χ3n) is 4.44. The summed E-state index contributed by atoms with van der Waals surface area (Å²) in [5.74, 6) is -0.362. The molecule has 0 unspecified atom stereocenters. The Morgan fingerprint density at radius 3 is 2.43 bits per heavy atom. The first-order chi connectivity index (χ1) is 11.0. The Labute approximate surface area is 139 Å². The fourth-order valence-corrected chi connectivity index (χ4v) is 3.82. The number of nitrogens with two attached hydrogens (primary N) is 1. The molecule has 0 radical (unpaired) electrons. The van der Waals surface area contributed by atoms with Crippen molar-refractivity contribution in [1.82, 2.24) is 9.88 Å². The van der Waals surface area contributed by atoms with E-state index in [4.69, 9.17) is 5.73 Å². The van der Waals surface area contributed by atoms with Crippen LogP contribution in [-0.2, 0) is 5.41 Å². The zero-order chi connectivity index (χ0) is 16.4. The molecule has 1 fully saturated rings. The minimum atomic E-state index is -0.436. The van der Waals surface area contributed by atoms with Gasteiger partial charge in [0.2, 0.25) is 0 Å². The lowest BCUT2D eigenvalue weighted by Crippen LogP contribution is -2.43. The molecule has 0 bridgehead atoms. The first-order valence-corrected chi connectivity index (χ1v) is 8.42. The van der Waals surface area contributed by atoms with E-state index >= 15 is 0 Å². The van der Waals surface area contributed by atoms with Crippen LogP contribution in [0.3, 0.4) is 0 Å². The van der Waals surface area contributed by atoms with Crippen LogP contribution >= 0.6 is 11.3 Å². The Kier molecular flexibility index (Phi) is 4.17. The highest BCUT2D eigenvalue weighted by Crippen LogP contribution is 2.37. The summed E-state index contributed by atoms with van der Waals surface area (Å²) in [6.07, 6.45) is 3.21. The summed E-state index contributed by atoms with van der Waals surface area (Å²) >= 11 is 1.36. The topological polar surface area (TPSA) is 76.3 Å². The van der Waals surface area contributed by atoms with Gasteiger partial charge in [-0.3, -0.25) is 9.59 Å². The second kappa shape index (κ2) is 6.12. The lowest BCUT2D eigenvalue weighted by atomic mass is 9.81. The largest absolute Gasteiger partial charge is 0.365 e. The van der Waals surface area contributed by atoms with Gasteiger partial charge in [0, 0.05) is 24.1 Å². The van der Waals surface area contributed by atoms with Crippen LogP contribution in [0, 0.1) is 0 Å². The highest BCUT2D eigenvalue weighted by molar-refractivity contribution is 7.13. The number of primary amides is 1. The maximum atomic E-state index is 12.5. The second-order valence-electron chi connectivity index (χ2n) is 6.11. The maximum Gasteiger partial charge on any atom is 0.260 e. The van der Waals surface area contributed by atoms with Gasteiger partial charge in [0.1, 0.15) is 4.88 Å². The van der Waals surface area contributed by atoms with Gasteiger partial charge in [0.15, 0.2) is 0 Å². The molecule has 6 heteroatoms. The molecule has 1 aliphatic rings. The van der Waals surface area contributed by atoms with E-state index in [1.54, 1.807) is 6.20 Å². The van der Waals surface area contributed by atoms with Gasteiger partial charge in [-0.15, -0.1) is 11.3 Å². The summed E-state index contributed by atoms with van der Waals surface area (Å²) in [4.78, 5) is 30.5. The number of amides is 2. The number of hydrogen-bond acceptors (Lipinski definition) is 4. The molecule has 23 heavy (non-hydrogen) atoms. The van der Waals surface area contributed by atoms with Crippen molar-refractivity contribution in [1.29, 1.82) is 0 Å². The summed E-state index contributed by atoms with van der Waals surface area (Å²) in [7, 11) is 0. The Hall–Kier alpha value is -2.21. The zero-order valence-electron chi connectivity index (χ0n) is 13.0. The highest BCUT2D eigenvalue weighted by Gasteiger charge is 2.36. The van der Waals surface area contributed by atoms with E-state index in [0.29, 0.717) is 18.0 Å². The lowest BCUT2D eigenvalue weighted by molar-refractivity contribution is 0.0675. The first-order valence-electron chi connectivity index (χ1n) is 7.60. The molecule has 2 amide bonds. The number of thiazole rings is 1. The van der Waals surface area contributed by atoms with Crippen LogP contribution in [0.1, 0.15) is 44.8 Å². The fourth-order valence-electron chi connectivity index (χ4n) is 2.85. The fraction of sp³-hybridized carbons (Fsp3) is 0.353. The van der Waals surface area contributed by atoms with Gasteiger partial charge in [-0.25, -0.2) is 4.98 Å². The Morgan fingerprint density at radius 1 is 1.22 bits per heavy atom. The Balaban J connectivity index is 1.69. The molecule has 1 aromatic carbocycles. The van der Waals surface area contributed by atoms with Crippen LogP contribution in [0.4, 0.5) is 0 Å². The van der Waals surface area contributed by atoms with Gasteiger partial charge in [-0.05, 0) is 25.0 Å².